The van der Waals surface area contributed by atoms with Crippen molar-refractivity contribution in [1.82, 2.24) is 5.32 Å². The Hall–Kier alpha value is -1.87. The number of hydrogen-bond donors (Lipinski definition) is 1. The smallest absolute Gasteiger partial charge is 0.127 e. The summed E-state index contributed by atoms with van der Waals surface area (Å²) in [6.45, 7) is 6.65. The average Bonchev–Trinajstić information content (AvgIpc) is 2.45. The first kappa shape index (κ1) is 15.5. The summed E-state index contributed by atoms with van der Waals surface area (Å²) < 4.78 is 19.4. The van der Waals surface area contributed by atoms with Gasteiger partial charge >= 0.3 is 0 Å². The zero-order chi connectivity index (χ0) is 15.2. The Kier molecular flexibility index (Phi) is 5.34. The van der Waals surface area contributed by atoms with Crippen molar-refractivity contribution >= 4 is 0 Å². The van der Waals surface area contributed by atoms with Gasteiger partial charge in [-0.15, -0.1) is 0 Å². The van der Waals surface area contributed by atoms with Crippen molar-refractivity contribution < 1.29 is 9.13 Å². The van der Waals surface area contributed by atoms with Gasteiger partial charge in [0.1, 0.15) is 11.6 Å². The normalized spacial score (nSPS) is 12.4. The van der Waals surface area contributed by atoms with Crippen LogP contribution >= 0.6 is 0 Å². The fraction of sp³-hybridized carbons (Fsp3) is 0.333. The summed E-state index contributed by atoms with van der Waals surface area (Å²) in [5, 5.41) is 3.34. The molecule has 0 heterocycles. The minimum Gasteiger partial charge on any atom is -0.491 e. The Balaban J connectivity index is 1.98. The van der Waals surface area contributed by atoms with Crippen LogP contribution in [0.4, 0.5) is 4.39 Å². The molecule has 2 aromatic carbocycles. The van der Waals surface area contributed by atoms with Crippen LogP contribution in [0.25, 0.3) is 0 Å². The maximum Gasteiger partial charge on any atom is 0.127 e. The summed E-state index contributed by atoms with van der Waals surface area (Å²) in [7, 11) is 0. The van der Waals surface area contributed by atoms with Crippen molar-refractivity contribution in [2.75, 3.05) is 0 Å². The molecule has 0 saturated heterocycles. The molecule has 2 aromatic rings. The lowest BCUT2D eigenvalue weighted by Crippen LogP contribution is -2.19. The van der Waals surface area contributed by atoms with E-state index in [1.54, 1.807) is 6.07 Å². The summed E-state index contributed by atoms with van der Waals surface area (Å²) in [5.74, 6) is 0.692. The van der Waals surface area contributed by atoms with Gasteiger partial charge in [0.25, 0.3) is 0 Å². The molecular formula is C18H22FNO. The second-order valence-corrected chi connectivity index (χ2v) is 5.44. The van der Waals surface area contributed by atoms with Crippen molar-refractivity contribution in [2.45, 2.75) is 39.5 Å². The van der Waals surface area contributed by atoms with E-state index in [1.165, 1.54) is 6.07 Å². The molecule has 21 heavy (non-hydrogen) atoms. The number of ether oxygens (including phenoxy) is 1. The molecule has 3 heteroatoms. The van der Waals surface area contributed by atoms with Gasteiger partial charge in [0.2, 0.25) is 0 Å². The Morgan fingerprint density at radius 3 is 2.52 bits per heavy atom. The van der Waals surface area contributed by atoms with Gasteiger partial charge in [-0.2, -0.15) is 0 Å². The standard InChI is InChI=1S/C18H22FNO/c1-13(2)21-16-8-6-7-15(11-16)12-20-14(3)17-9-4-5-10-18(17)19/h4-11,13-14,20H,12H2,1-3H3. The third kappa shape index (κ3) is 4.57. The Labute approximate surface area is 126 Å². The van der Waals surface area contributed by atoms with Crippen molar-refractivity contribution in [3.63, 3.8) is 0 Å². The zero-order valence-corrected chi connectivity index (χ0v) is 12.8. The Morgan fingerprint density at radius 1 is 1.05 bits per heavy atom. The molecule has 1 N–H and O–H groups in total. The number of halogens is 1. The van der Waals surface area contributed by atoms with Crippen LogP contribution in [-0.4, -0.2) is 6.10 Å². The number of benzene rings is 2. The van der Waals surface area contributed by atoms with E-state index in [0.29, 0.717) is 12.1 Å². The van der Waals surface area contributed by atoms with Crippen molar-refractivity contribution in [3.8, 4) is 5.75 Å². The molecule has 2 rings (SSSR count). The number of rotatable bonds is 6. The molecule has 0 bridgehead atoms. The minimum absolute atomic E-state index is 0.0409. The predicted octanol–water partition coefficient (Wildman–Crippen LogP) is 4.46. The van der Waals surface area contributed by atoms with Crippen LogP contribution < -0.4 is 10.1 Å². The summed E-state index contributed by atoms with van der Waals surface area (Å²) in [4.78, 5) is 0. The van der Waals surface area contributed by atoms with Crippen LogP contribution in [0.2, 0.25) is 0 Å². The van der Waals surface area contributed by atoms with E-state index < -0.39 is 0 Å². The summed E-state index contributed by atoms with van der Waals surface area (Å²) in [6, 6.07) is 14.8. The third-order valence-electron chi connectivity index (χ3n) is 3.25. The van der Waals surface area contributed by atoms with Gasteiger partial charge in [-0.3, -0.25) is 0 Å². The van der Waals surface area contributed by atoms with Gasteiger partial charge in [0, 0.05) is 18.2 Å². The van der Waals surface area contributed by atoms with E-state index in [-0.39, 0.29) is 18.0 Å². The molecule has 0 spiro atoms. The molecular weight excluding hydrogens is 265 g/mol. The SMILES string of the molecule is CC(C)Oc1cccc(CNC(C)c2ccccc2F)c1. The molecule has 0 saturated carbocycles. The van der Waals surface area contributed by atoms with Gasteiger partial charge in [-0.25, -0.2) is 4.39 Å². The van der Waals surface area contributed by atoms with Gasteiger partial charge in [-0.05, 0) is 44.5 Å². The van der Waals surface area contributed by atoms with Crippen LogP contribution in [0, 0.1) is 5.82 Å². The van der Waals surface area contributed by atoms with Crippen LogP contribution in [-0.2, 0) is 6.54 Å². The molecule has 112 valence electrons. The molecule has 0 radical (unpaired) electrons. The highest BCUT2D eigenvalue weighted by molar-refractivity contribution is 5.29. The molecule has 0 aliphatic heterocycles. The van der Waals surface area contributed by atoms with Crippen LogP contribution in [0.3, 0.4) is 0 Å². The average molecular weight is 287 g/mol. The summed E-state index contributed by atoms with van der Waals surface area (Å²) >= 11 is 0. The van der Waals surface area contributed by atoms with Crippen molar-refractivity contribution in [3.05, 3.63) is 65.5 Å². The molecule has 2 nitrogen and oxygen atoms in total. The largest absolute Gasteiger partial charge is 0.491 e. The Bertz CT molecular complexity index is 583. The molecule has 0 amide bonds. The second-order valence-electron chi connectivity index (χ2n) is 5.44. The Morgan fingerprint density at radius 2 is 1.81 bits per heavy atom. The first-order valence-corrected chi connectivity index (χ1v) is 7.29. The topological polar surface area (TPSA) is 21.3 Å². The van der Waals surface area contributed by atoms with E-state index in [2.05, 4.69) is 5.32 Å². The predicted molar refractivity (Wildman–Crippen MR) is 83.9 cm³/mol. The first-order valence-electron chi connectivity index (χ1n) is 7.29. The first-order chi connectivity index (χ1) is 10.1. The summed E-state index contributed by atoms with van der Waals surface area (Å²) in [5.41, 5.74) is 1.81. The van der Waals surface area contributed by atoms with Crippen molar-refractivity contribution in [1.29, 1.82) is 0 Å². The molecule has 0 fully saturated rings. The molecule has 0 aliphatic carbocycles. The maximum atomic E-state index is 13.7. The molecule has 1 unspecified atom stereocenters. The maximum absolute atomic E-state index is 13.7. The third-order valence-corrected chi connectivity index (χ3v) is 3.25. The fourth-order valence-electron chi connectivity index (χ4n) is 2.21. The quantitative estimate of drug-likeness (QED) is 0.846. The highest BCUT2D eigenvalue weighted by Crippen LogP contribution is 2.18. The van der Waals surface area contributed by atoms with E-state index >= 15 is 0 Å². The van der Waals surface area contributed by atoms with Crippen molar-refractivity contribution in [2.24, 2.45) is 0 Å². The molecule has 0 aliphatic rings. The van der Waals surface area contributed by atoms with E-state index in [9.17, 15) is 4.39 Å². The van der Waals surface area contributed by atoms with E-state index in [0.717, 1.165) is 11.3 Å². The molecule has 1 atom stereocenters. The van der Waals surface area contributed by atoms with Crippen LogP contribution in [0.15, 0.2) is 48.5 Å². The fourth-order valence-corrected chi connectivity index (χ4v) is 2.21. The second kappa shape index (κ2) is 7.23. The van der Waals surface area contributed by atoms with E-state index in [1.807, 2.05) is 57.2 Å². The van der Waals surface area contributed by atoms with Gasteiger partial charge in [0.05, 0.1) is 6.10 Å². The minimum atomic E-state index is -0.172. The zero-order valence-electron chi connectivity index (χ0n) is 12.8. The summed E-state index contributed by atoms with van der Waals surface area (Å²) in [6.07, 6.45) is 0.158. The lowest BCUT2D eigenvalue weighted by atomic mass is 10.1. The number of hydrogen-bond acceptors (Lipinski definition) is 2. The lowest BCUT2D eigenvalue weighted by Gasteiger charge is -2.16. The highest BCUT2D eigenvalue weighted by atomic mass is 19.1. The van der Waals surface area contributed by atoms with E-state index in [4.69, 9.17) is 4.74 Å². The van der Waals surface area contributed by atoms with Gasteiger partial charge in [0.15, 0.2) is 0 Å². The highest BCUT2D eigenvalue weighted by Gasteiger charge is 2.09. The van der Waals surface area contributed by atoms with Gasteiger partial charge < -0.3 is 10.1 Å². The monoisotopic (exact) mass is 287 g/mol. The van der Waals surface area contributed by atoms with Crippen LogP contribution in [0.5, 0.6) is 5.75 Å². The number of nitrogens with one attached hydrogen (secondary N) is 1. The molecule has 0 aromatic heterocycles. The van der Waals surface area contributed by atoms with Crippen LogP contribution in [0.1, 0.15) is 37.9 Å². The lowest BCUT2D eigenvalue weighted by molar-refractivity contribution is 0.242. The van der Waals surface area contributed by atoms with Gasteiger partial charge in [-0.1, -0.05) is 30.3 Å².